The summed E-state index contributed by atoms with van der Waals surface area (Å²) in [6.07, 6.45) is -1.59. The molecule has 2 aliphatic rings. The van der Waals surface area contributed by atoms with Crippen molar-refractivity contribution < 1.29 is 40.7 Å². The number of ether oxygens (including phenoxy) is 1. The molecule has 2 amide bonds. The molecule has 0 saturated heterocycles. The first kappa shape index (κ1) is 27.0. The summed E-state index contributed by atoms with van der Waals surface area (Å²) in [4.78, 5) is 35.2. The quantitative estimate of drug-likeness (QED) is 0.399. The largest absolute Gasteiger partial charge is 0.573 e. The summed E-state index contributed by atoms with van der Waals surface area (Å²) in [6.45, 7) is 1.25. The zero-order chi connectivity index (χ0) is 27.2. The summed E-state index contributed by atoms with van der Waals surface area (Å²) in [6, 6.07) is 3.17. The Bertz CT molecular complexity index is 1150. The van der Waals surface area contributed by atoms with Gasteiger partial charge in [-0.25, -0.2) is 23.1 Å². The number of amides is 2. The Morgan fingerprint density at radius 2 is 1.78 bits per heavy atom. The summed E-state index contributed by atoms with van der Waals surface area (Å²) >= 11 is 5.46. The lowest BCUT2D eigenvalue weighted by molar-refractivity contribution is -0.274. The first-order valence-electron chi connectivity index (χ1n) is 11.1. The van der Waals surface area contributed by atoms with E-state index in [0.717, 1.165) is 30.6 Å². The highest BCUT2D eigenvalue weighted by molar-refractivity contribution is 6.32. The maximum Gasteiger partial charge on any atom is 0.573 e. The molecule has 2 aliphatic carbocycles. The molecule has 14 heteroatoms. The van der Waals surface area contributed by atoms with Crippen molar-refractivity contribution in [1.82, 2.24) is 15.3 Å². The van der Waals surface area contributed by atoms with Crippen molar-refractivity contribution in [1.29, 1.82) is 0 Å². The summed E-state index contributed by atoms with van der Waals surface area (Å²) in [5.74, 6) is -7.10. The fourth-order valence-electron chi connectivity index (χ4n) is 5.11. The van der Waals surface area contributed by atoms with Gasteiger partial charge in [-0.1, -0.05) is 11.6 Å². The van der Waals surface area contributed by atoms with Crippen LogP contribution in [0.3, 0.4) is 0 Å². The standard InChI is InChI=1S/C23H21ClF6N4O3/c1-21(14-9-31-11-32-10-14,20(36)33-17-7-13-6-12(17)8-22(13,26)27)34(19(35)18(24)25)15-2-4-16(5-3-15)37-23(28,29)30/h2-5,9-13,17-18H,6-8H2,1H3,(H,33,36)/t12?,13-,17+,18-,21-/m0/s1. The SMILES string of the molecule is C[C@@](C(=O)N[C@@H]1C[C@@H]2CC1CC2(F)F)(c1cncnc1)N(C(=O)[C@H](F)Cl)c1ccc(OC(F)(F)F)cc1. The molecule has 1 aromatic heterocycles. The van der Waals surface area contributed by atoms with Crippen LogP contribution in [-0.4, -0.2) is 45.7 Å². The van der Waals surface area contributed by atoms with Crippen LogP contribution in [0.15, 0.2) is 43.0 Å². The summed E-state index contributed by atoms with van der Waals surface area (Å²) in [5.41, 5.74) is -4.89. The Morgan fingerprint density at radius 3 is 2.27 bits per heavy atom. The number of aromatic nitrogens is 2. The van der Waals surface area contributed by atoms with Crippen molar-refractivity contribution >= 4 is 29.1 Å². The summed E-state index contributed by atoms with van der Waals surface area (Å²) in [5, 5.41) is 2.71. The van der Waals surface area contributed by atoms with Crippen LogP contribution in [0, 0.1) is 11.8 Å². The molecule has 200 valence electrons. The number of anilines is 1. The third kappa shape index (κ3) is 5.32. The lowest BCUT2D eigenvalue weighted by atomic mass is 9.87. The highest BCUT2D eigenvalue weighted by Gasteiger charge is 2.58. The van der Waals surface area contributed by atoms with Crippen molar-refractivity contribution in [2.45, 2.75) is 55.7 Å². The van der Waals surface area contributed by atoms with Gasteiger partial charge in [-0.15, -0.1) is 13.2 Å². The second kappa shape index (κ2) is 9.66. The molecule has 0 aliphatic heterocycles. The lowest BCUT2D eigenvalue weighted by Crippen LogP contribution is -2.60. The Labute approximate surface area is 212 Å². The van der Waals surface area contributed by atoms with E-state index in [9.17, 15) is 35.9 Å². The maximum absolute atomic E-state index is 14.2. The Hall–Kier alpha value is -3.09. The fourth-order valence-corrected chi connectivity index (χ4v) is 5.21. The van der Waals surface area contributed by atoms with Gasteiger partial charge in [-0.2, -0.15) is 0 Å². The molecule has 1 unspecified atom stereocenters. The van der Waals surface area contributed by atoms with E-state index in [1.807, 2.05) is 0 Å². The number of hydrogen-bond donors (Lipinski definition) is 1. The maximum atomic E-state index is 14.2. The predicted molar refractivity (Wildman–Crippen MR) is 118 cm³/mol. The number of halogens is 7. The molecule has 2 bridgehead atoms. The number of nitrogens with zero attached hydrogens (tertiary/aromatic N) is 3. The van der Waals surface area contributed by atoms with Crippen LogP contribution in [0.4, 0.5) is 32.0 Å². The lowest BCUT2D eigenvalue weighted by Gasteiger charge is -2.41. The molecule has 2 aromatic rings. The van der Waals surface area contributed by atoms with E-state index in [4.69, 9.17) is 11.6 Å². The molecule has 1 N–H and O–H groups in total. The van der Waals surface area contributed by atoms with Crippen LogP contribution in [0.1, 0.15) is 31.7 Å². The third-order valence-corrected chi connectivity index (χ3v) is 7.08. The van der Waals surface area contributed by atoms with Crippen molar-refractivity contribution in [2.75, 3.05) is 4.90 Å². The number of carbonyl (C=O) groups excluding carboxylic acids is 2. The van der Waals surface area contributed by atoms with Crippen molar-refractivity contribution in [2.24, 2.45) is 11.8 Å². The second-order valence-corrected chi connectivity index (χ2v) is 9.57. The number of nitrogens with one attached hydrogen (secondary N) is 1. The van der Waals surface area contributed by atoms with Gasteiger partial charge >= 0.3 is 6.36 Å². The van der Waals surface area contributed by atoms with E-state index >= 15 is 0 Å². The van der Waals surface area contributed by atoms with Crippen molar-refractivity contribution in [3.05, 3.63) is 48.5 Å². The molecule has 37 heavy (non-hydrogen) atoms. The van der Waals surface area contributed by atoms with E-state index < -0.39 is 65.3 Å². The van der Waals surface area contributed by atoms with Gasteiger partial charge < -0.3 is 10.1 Å². The first-order chi connectivity index (χ1) is 17.2. The van der Waals surface area contributed by atoms with Crippen LogP contribution in [0.25, 0.3) is 0 Å². The topological polar surface area (TPSA) is 84.4 Å². The monoisotopic (exact) mass is 550 g/mol. The number of rotatable bonds is 7. The van der Waals surface area contributed by atoms with E-state index in [2.05, 4.69) is 20.0 Å². The molecule has 0 radical (unpaired) electrons. The molecule has 1 heterocycles. The van der Waals surface area contributed by atoms with E-state index in [1.165, 1.54) is 19.3 Å². The average Bonchev–Trinajstić information content (AvgIpc) is 3.35. The van der Waals surface area contributed by atoms with Gasteiger partial charge in [0.25, 0.3) is 23.4 Å². The normalized spacial score (nSPS) is 24.7. The van der Waals surface area contributed by atoms with Gasteiger partial charge in [0, 0.05) is 42.0 Å². The Morgan fingerprint density at radius 1 is 1.16 bits per heavy atom. The Balaban J connectivity index is 1.73. The van der Waals surface area contributed by atoms with Gasteiger partial charge in [0.1, 0.15) is 12.1 Å². The van der Waals surface area contributed by atoms with Gasteiger partial charge in [0.05, 0.1) is 0 Å². The molecular weight excluding hydrogens is 530 g/mol. The second-order valence-electron chi connectivity index (χ2n) is 9.19. The summed E-state index contributed by atoms with van der Waals surface area (Å²) < 4.78 is 83.8. The zero-order valence-electron chi connectivity index (χ0n) is 19.2. The van der Waals surface area contributed by atoms with Gasteiger partial charge in [0.15, 0.2) is 5.54 Å². The van der Waals surface area contributed by atoms with Crippen molar-refractivity contribution in [3.8, 4) is 5.75 Å². The fraction of sp³-hybridized carbons (Fsp3) is 0.478. The molecular formula is C23H21ClF6N4O3. The molecule has 2 saturated carbocycles. The minimum absolute atomic E-state index is 0.0160. The van der Waals surface area contributed by atoms with Crippen LogP contribution in [0.5, 0.6) is 5.75 Å². The molecule has 4 rings (SSSR count). The molecule has 2 fully saturated rings. The molecule has 1 aromatic carbocycles. The van der Waals surface area contributed by atoms with E-state index in [-0.39, 0.29) is 24.1 Å². The zero-order valence-corrected chi connectivity index (χ0v) is 19.9. The minimum Gasteiger partial charge on any atom is -0.406 e. The number of carbonyl (C=O) groups is 2. The highest BCUT2D eigenvalue weighted by Crippen LogP contribution is 2.53. The van der Waals surface area contributed by atoms with Gasteiger partial charge in [-0.05, 0) is 49.9 Å². The molecule has 7 nitrogen and oxygen atoms in total. The predicted octanol–water partition coefficient (Wildman–Crippen LogP) is 4.71. The number of alkyl halides is 7. The number of benzene rings is 1. The minimum atomic E-state index is -4.98. The highest BCUT2D eigenvalue weighted by atomic mass is 35.5. The average molecular weight is 551 g/mol. The Kier molecular flexibility index (Phi) is 7.04. The first-order valence-corrected chi connectivity index (χ1v) is 11.6. The van der Waals surface area contributed by atoms with Crippen molar-refractivity contribution in [3.63, 3.8) is 0 Å². The number of hydrogen-bond acceptors (Lipinski definition) is 5. The van der Waals surface area contributed by atoms with Crippen LogP contribution in [-0.2, 0) is 15.1 Å². The van der Waals surface area contributed by atoms with E-state index in [1.54, 1.807) is 0 Å². The van der Waals surface area contributed by atoms with Crippen LogP contribution >= 0.6 is 11.6 Å². The van der Waals surface area contributed by atoms with E-state index in [0.29, 0.717) is 4.90 Å². The molecule has 5 atom stereocenters. The number of fused-ring (bicyclic) bond motifs is 2. The van der Waals surface area contributed by atoms with Gasteiger partial charge in [-0.3, -0.25) is 14.5 Å². The van der Waals surface area contributed by atoms with Crippen LogP contribution < -0.4 is 15.0 Å². The third-order valence-electron chi connectivity index (χ3n) is 6.89. The summed E-state index contributed by atoms with van der Waals surface area (Å²) in [7, 11) is 0. The van der Waals surface area contributed by atoms with Gasteiger partial charge in [0.2, 0.25) is 0 Å². The van der Waals surface area contributed by atoms with Crippen LogP contribution in [0.2, 0.25) is 0 Å². The molecule has 0 spiro atoms. The smallest absolute Gasteiger partial charge is 0.406 e.